The molecule has 1 aromatic carbocycles. The molecule has 98 valence electrons. The Kier molecular flexibility index (Phi) is 3.49. The lowest BCUT2D eigenvalue weighted by molar-refractivity contribution is -0.361. The van der Waals surface area contributed by atoms with Crippen LogP contribution in [0, 0.1) is 0 Å². The second-order valence-corrected chi connectivity index (χ2v) is 5.48. The zero-order chi connectivity index (χ0) is 13.0. The van der Waals surface area contributed by atoms with Gasteiger partial charge in [-0.1, -0.05) is 49.2 Å². The summed E-state index contributed by atoms with van der Waals surface area (Å²) in [5.41, 5.74) is 1.79. The van der Waals surface area contributed by atoms with Gasteiger partial charge in [-0.15, -0.1) is 0 Å². The predicted molar refractivity (Wildman–Crippen MR) is 78.1 cm³/mol. The molecule has 1 aliphatic rings. The van der Waals surface area contributed by atoms with Gasteiger partial charge in [0.2, 0.25) is 0 Å². The van der Waals surface area contributed by atoms with E-state index in [4.69, 9.17) is 0 Å². The van der Waals surface area contributed by atoms with E-state index >= 15 is 0 Å². The Bertz CT molecular complexity index is 501. The van der Waals surface area contributed by atoms with Gasteiger partial charge in [0.05, 0.1) is 12.7 Å². The molecule has 0 amide bonds. The Labute approximate surface area is 114 Å². The first kappa shape index (κ1) is 12.2. The summed E-state index contributed by atoms with van der Waals surface area (Å²) < 4.78 is 0. The molecule has 0 bridgehead atoms. The highest BCUT2D eigenvalue weighted by Gasteiger charge is 2.37. The Morgan fingerprint density at radius 3 is 2.37 bits per heavy atom. The van der Waals surface area contributed by atoms with Crippen molar-refractivity contribution in [2.75, 3.05) is 11.9 Å². The molecule has 2 nitrogen and oxygen atoms in total. The molecule has 0 aliphatic heterocycles. The quantitative estimate of drug-likeness (QED) is 0.887. The van der Waals surface area contributed by atoms with Crippen molar-refractivity contribution in [2.24, 2.45) is 0 Å². The minimum absolute atomic E-state index is 0.310. The summed E-state index contributed by atoms with van der Waals surface area (Å²) in [6, 6.07) is 17.1. The normalized spacial score (nSPS) is 17.3. The lowest BCUT2D eigenvalue weighted by atomic mass is 9.79. The van der Waals surface area contributed by atoms with Gasteiger partial charge in [0.15, 0.2) is 0 Å². The van der Waals surface area contributed by atoms with Crippen LogP contribution in [0.2, 0.25) is 0 Å². The number of pyridine rings is 1. The molecule has 0 unspecified atom stereocenters. The fourth-order valence-corrected chi connectivity index (χ4v) is 3.18. The fourth-order valence-electron chi connectivity index (χ4n) is 3.18. The van der Waals surface area contributed by atoms with Crippen molar-refractivity contribution in [3.05, 3.63) is 60.3 Å². The summed E-state index contributed by atoms with van der Waals surface area (Å²) in [7, 11) is 0. The number of nitrogens with one attached hydrogen (secondary N) is 2. The number of hydrogen-bond acceptors (Lipinski definition) is 1. The molecule has 3 rings (SSSR count). The van der Waals surface area contributed by atoms with Crippen LogP contribution in [-0.4, -0.2) is 6.54 Å². The Hall–Kier alpha value is -1.83. The number of hydrogen-bond donors (Lipinski definition) is 1. The Morgan fingerprint density at radius 2 is 1.68 bits per heavy atom. The molecule has 1 aliphatic carbocycles. The van der Waals surface area contributed by atoms with Gasteiger partial charge < -0.3 is 0 Å². The molecule has 1 heterocycles. The lowest BCUT2D eigenvalue weighted by Gasteiger charge is -2.27. The van der Waals surface area contributed by atoms with Crippen molar-refractivity contribution in [1.82, 2.24) is 0 Å². The van der Waals surface area contributed by atoms with Crippen molar-refractivity contribution < 1.29 is 4.98 Å². The number of anilines is 1. The van der Waals surface area contributed by atoms with Crippen LogP contribution in [0.5, 0.6) is 0 Å². The molecule has 0 saturated heterocycles. The molecule has 2 N–H and O–H groups in total. The van der Waals surface area contributed by atoms with E-state index in [9.17, 15) is 0 Å². The molecule has 0 radical (unpaired) electrons. The summed E-state index contributed by atoms with van der Waals surface area (Å²) in [6.07, 6.45) is 7.23. The van der Waals surface area contributed by atoms with Crippen LogP contribution in [-0.2, 0) is 5.41 Å². The molecule has 2 heteroatoms. The Balaban J connectivity index is 1.78. The second kappa shape index (κ2) is 5.43. The van der Waals surface area contributed by atoms with Crippen molar-refractivity contribution in [1.29, 1.82) is 0 Å². The predicted octanol–water partition coefficient (Wildman–Crippen LogP) is 3.42. The van der Waals surface area contributed by atoms with Crippen LogP contribution in [0.4, 0.5) is 5.82 Å². The van der Waals surface area contributed by atoms with Crippen molar-refractivity contribution in [3.8, 4) is 0 Å². The van der Waals surface area contributed by atoms with E-state index in [1.54, 1.807) is 0 Å². The molecule has 1 fully saturated rings. The molecule has 0 atom stereocenters. The first-order valence-electron chi connectivity index (χ1n) is 7.15. The molecule has 2 aromatic rings. The standard InChI is InChI=1S/C17H20N2/c1-2-8-15(9-3-1)17(11-5-6-12-17)14-19-16-10-4-7-13-18-16/h1-4,7-10,13H,5-6,11-12,14H2,(H,18,19)/p+1. The SMILES string of the molecule is c1ccc(C2(CNc3cccc[nH+]3)CCCC2)cc1. The minimum atomic E-state index is 0.310. The third-order valence-electron chi connectivity index (χ3n) is 4.27. The average molecular weight is 253 g/mol. The van der Waals surface area contributed by atoms with Gasteiger partial charge in [-0.05, 0) is 24.5 Å². The van der Waals surface area contributed by atoms with E-state index in [0.717, 1.165) is 12.4 Å². The third-order valence-corrected chi connectivity index (χ3v) is 4.27. The first-order chi connectivity index (χ1) is 9.39. The summed E-state index contributed by atoms with van der Waals surface area (Å²) in [6.45, 7) is 1.01. The van der Waals surface area contributed by atoms with Gasteiger partial charge in [-0.25, -0.2) is 4.98 Å². The summed E-state index contributed by atoms with van der Waals surface area (Å²) in [5.74, 6) is 1.10. The van der Waals surface area contributed by atoms with Crippen molar-refractivity contribution in [2.45, 2.75) is 31.1 Å². The zero-order valence-corrected chi connectivity index (χ0v) is 11.2. The van der Waals surface area contributed by atoms with Gasteiger partial charge in [0, 0.05) is 11.5 Å². The van der Waals surface area contributed by atoms with Crippen LogP contribution in [0.3, 0.4) is 0 Å². The maximum absolute atomic E-state index is 3.57. The molecule has 19 heavy (non-hydrogen) atoms. The topological polar surface area (TPSA) is 26.2 Å². The van der Waals surface area contributed by atoms with E-state index in [2.05, 4.69) is 52.8 Å². The number of benzene rings is 1. The number of aromatic nitrogens is 1. The van der Waals surface area contributed by atoms with Crippen LogP contribution in [0.25, 0.3) is 0 Å². The Morgan fingerprint density at radius 1 is 0.947 bits per heavy atom. The fraction of sp³-hybridized carbons (Fsp3) is 0.353. The van der Waals surface area contributed by atoms with Gasteiger partial charge >= 0.3 is 0 Å². The van der Waals surface area contributed by atoms with Gasteiger partial charge in [0.1, 0.15) is 0 Å². The van der Waals surface area contributed by atoms with Crippen LogP contribution >= 0.6 is 0 Å². The molecular formula is C17H21N2+. The van der Waals surface area contributed by atoms with E-state index in [1.165, 1.54) is 31.2 Å². The van der Waals surface area contributed by atoms with Crippen LogP contribution in [0.15, 0.2) is 54.7 Å². The maximum atomic E-state index is 3.57. The summed E-state index contributed by atoms with van der Waals surface area (Å²) >= 11 is 0. The van der Waals surface area contributed by atoms with Crippen LogP contribution < -0.4 is 10.3 Å². The average Bonchev–Trinajstić information content (AvgIpc) is 2.97. The summed E-state index contributed by atoms with van der Waals surface area (Å²) in [4.78, 5) is 3.25. The largest absolute Gasteiger partial charge is 0.274 e. The first-order valence-corrected chi connectivity index (χ1v) is 7.15. The third kappa shape index (κ3) is 2.62. The minimum Gasteiger partial charge on any atom is -0.274 e. The number of rotatable bonds is 4. The summed E-state index contributed by atoms with van der Waals surface area (Å²) in [5, 5.41) is 3.57. The lowest BCUT2D eigenvalue weighted by Crippen LogP contribution is -2.32. The number of aromatic amines is 1. The molecule has 1 aromatic heterocycles. The van der Waals surface area contributed by atoms with Gasteiger partial charge in [0.25, 0.3) is 5.82 Å². The number of H-pyrrole nitrogens is 1. The van der Waals surface area contributed by atoms with Gasteiger partial charge in [-0.3, -0.25) is 5.32 Å². The van der Waals surface area contributed by atoms with Crippen molar-refractivity contribution >= 4 is 5.82 Å². The molecule has 0 spiro atoms. The second-order valence-electron chi connectivity index (χ2n) is 5.48. The zero-order valence-electron chi connectivity index (χ0n) is 11.2. The van der Waals surface area contributed by atoms with E-state index in [-0.39, 0.29) is 0 Å². The highest BCUT2D eigenvalue weighted by molar-refractivity contribution is 5.33. The monoisotopic (exact) mass is 253 g/mol. The molecular weight excluding hydrogens is 232 g/mol. The highest BCUT2D eigenvalue weighted by Crippen LogP contribution is 2.40. The van der Waals surface area contributed by atoms with Crippen molar-refractivity contribution in [3.63, 3.8) is 0 Å². The molecule has 1 saturated carbocycles. The van der Waals surface area contributed by atoms with Crippen LogP contribution in [0.1, 0.15) is 31.2 Å². The maximum Gasteiger partial charge on any atom is 0.272 e. The van der Waals surface area contributed by atoms with E-state index in [0.29, 0.717) is 5.41 Å². The smallest absolute Gasteiger partial charge is 0.272 e. The highest BCUT2D eigenvalue weighted by atomic mass is 15.0. The van der Waals surface area contributed by atoms with E-state index in [1.807, 2.05) is 12.3 Å². The van der Waals surface area contributed by atoms with E-state index < -0.39 is 0 Å². The van der Waals surface area contributed by atoms with Gasteiger partial charge in [-0.2, -0.15) is 0 Å².